The SMILES string of the molecule is Cc1ccc(C(=O)C=CSC=CC(=O)c2ccc(C)cc2)cc1. The fourth-order valence-electron chi connectivity index (χ4n) is 1.88. The van der Waals surface area contributed by atoms with Gasteiger partial charge in [0, 0.05) is 11.1 Å². The second-order valence-electron chi connectivity index (χ2n) is 5.20. The summed E-state index contributed by atoms with van der Waals surface area (Å²) in [6.07, 6.45) is 3.02. The first-order valence-electron chi connectivity index (χ1n) is 7.27. The maximum Gasteiger partial charge on any atom is 0.186 e. The predicted octanol–water partition coefficient (Wildman–Crippen LogP) is 5.13. The van der Waals surface area contributed by atoms with Crippen molar-refractivity contribution in [1.82, 2.24) is 0 Å². The number of thioether (sulfide) groups is 1. The Morgan fingerprint density at radius 3 is 1.39 bits per heavy atom. The zero-order valence-electron chi connectivity index (χ0n) is 13.2. The minimum Gasteiger partial charge on any atom is -0.289 e. The molecule has 116 valence electrons. The van der Waals surface area contributed by atoms with E-state index < -0.39 is 0 Å². The first kappa shape index (κ1) is 17.0. The molecule has 0 unspecified atom stereocenters. The molecular weight excluding hydrogens is 304 g/mol. The second kappa shape index (κ2) is 8.30. The molecule has 0 atom stereocenters. The third kappa shape index (κ3) is 5.38. The van der Waals surface area contributed by atoms with E-state index in [1.807, 2.05) is 62.4 Å². The summed E-state index contributed by atoms with van der Waals surface area (Å²) in [5, 5.41) is 3.36. The molecule has 3 heteroatoms. The Balaban J connectivity index is 1.86. The van der Waals surface area contributed by atoms with Gasteiger partial charge in [0.2, 0.25) is 0 Å². The molecule has 2 aromatic carbocycles. The molecule has 0 amide bonds. The van der Waals surface area contributed by atoms with Crippen molar-refractivity contribution in [2.45, 2.75) is 13.8 Å². The average molecular weight is 322 g/mol. The maximum atomic E-state index is 11.9. The van der Waals surface area contributed by atoms with Crippen molar-refractivity contribution in [3.8, 4) is 0 Å². The summed E-state index contributed by atoms with van der Waals surface area (Å²) in [5.74, 6) is -0.0912. The van der Waals surface area contributed by atoms with E-state index in [1.165, 1.54) is 23.9 Å². The molecule has 0 saturated heterocycles. The molecule has 2 aromatic rings. The summed E-state index contributed by atoms with van der Waals surface area (Å²) < 4.78 is 0. The molecule has 0 bridgehead atoms. The molecule has 0 radical (unpaired) electrons. The van der Waals surface area contributed by atoms with Crippen LogP contribution in [0, 0.1) is 13.8 Å². The number of benzene rings is 2. The number of ketones is 2. The highest BCUT2D eigenvalue weighted by molar-refractivity contribution is 8.04. The van der Waals surface area contributed by atoms with Crippen LogP contribution in [0.5, 0.6) is 0 Å². The summed E-state index contributed by atoms with van der Waals surface area (Å²) in [6.45, 7) is 3.96. The number of carbonyl (C=O) groups excluding carboxylic acids is 2. The highest BCUT2D eigenvalue weighted by Gasteiger charge is 2.01. The minimum atomic E-state index is -0.0456. The first-order chi connectivity index (χ1) is 11.1. The van der Waals surface area contributed by atoms with Crippen LogP contribution in [0.4, 0.5) is 0 Å². The van der Waals surface area contributed by atoms with Crippen LogP contribution in [0.2, 0.25) is 0 Å². The van der Waals surface area contributed by atoms with Crippen LogP contribution >= 0.6 is 11.8 Å². The van der Waals surface area contributed by atoms with E-state index in [1.54, 1.807) is 10.8 Å². The summed E-state index contributed by atoms with van der Waals surface area (Å²) in [4.78, 5) is 23.8. The molecular formula is C20H18O2S. The molecule has 0 aliphatic rings. The number of hydrogen-bond acceptors (Lipinski definition) is 3. The summed E-state index contributed by atoms with van der Waals surface area (Å²) in [5.41, 5.74) is 3.56. The molecule has 0 spiro atoms. The Morgan fingerprint density at radius 1 is 0.696 bits per heavy atom. The van der Waals surface area contributed by atoms with Gasteiger partial charge >= 0.3 is 0 Å². The number of hydrogen-bond donors (Lipinski definition) is 0. The number of aryl methyl sites for hydroxylation is 2. The van der Waals surface area contributed by atoms with Crippen molar-refractivity contribution in [2.24, 2.45) is 0 Å². The standard InChI is InChI=1S/C20H18O2S/c1-15-3-7-17(8-4-15)19(21)11-13-23-14-12-20(22)18-9-5-16(2)6-10-18/h3-14H,1-2H3. The molecule has 0 N–H and O–H groups in total. The molecule has 0 aliphatic heterocycles. The first-order valence-corrected chi connectivity index (χ1v) is 8.21. The zero-order chi connectivity index (χ0) is 16.7. The fraction of sp³-hybridized carbons (Fsp3) is 0.100. The Kier molecular flexibility index (Phi) is 6.12. The predicted molar refractivity (Wildman–Crippen MR) is 96.9 cm³/mol. The number of rotatable bonds is 6. The van der Waals surface area contributed by atoms with Crippen LogP contribution in [0.25, 0.3) is 0 Å². The van der Waals surface area contributed by atoms with Crippen LogP contribution in [0.1, 0.15) is 31.8 Å². The van der Waals surface area contributed by atoms with Crippen LogP contribution < -0.4 is 0 Å². The highest BCUT2D eigenvalue weighted by Crippen LogP contribution is 2.10. The van der Waals surface area contributed by atoms with Crippen molar-refractivity contribution < 1.29 is 9.59 Å². The van der Waals surface area contributed by atoms with Crippen LogP contribution in [-0.2, 0) is 0 Å². The van der Waals surface area contributed by atoms with Gasteiger partial charge in [-0.2, -0.15) is 0 Å². The van der Waals surface area contributed by atoms with Crippen molar-refractivity contribution in [1.29, 1.82) is 0 Å². The fourth-order valence-corrected chi connectivity index (χ4v) is 2.37. The van der Waals surface area contributed by atoms with E-state index in [-0.39, 0.29) is 11.6 Å². The average Bonchev–Trinajstić information content (AvgIpc) is 2.55. The summed E-state index contributed by atoms with van der Waals surface area (Å²) >= 11 is 1.30. The molecule has 0 fully saturated rings. The summed E-state index contributed by atoms with van der Waals surface area (Å²) in [7, 11) is 0. The normalized spacial score (nSPS) is 11.2. The lowest BCUT2D eigenvalue weighted by atomic mass is 10.1. The van der Waals surface area contributed by atoms with Crippen LogP contribution in [-0.4, -0.2) is 11.6 Å². The van der Waals surface area contributed by atoms with Gasteiger partial charge in [0.05, 0.1) is 0 Å². The van der Waals surface area contributed by atoms with Gasteiger partial charge in [-0.25, -0.2) is 0 Å². The second-order valence-corrected chi connectivity index (χ2v) is 6.02. The van der Waals surface area contributed by atoms with E-state index in [9.17, 15) is 9.59 Å². The third-order valence-corrected chi connectivity index (χ3v) is 3.85. The van der Waals surface area contributed by atoms with Crippen molar-refractivity contribution >= 4 is 23.3 Å². The molecule has 2 rings (SSSR count). The van der Waals surface area contributed by atoms with Crippen LogP contribution in [0.3, 0.4) is 0 Å². The van der Waals surface area contributed by atoms with Crippen molar-refractivity contribution in [2.75, 3.05) is 0 Å². The zero-order valence-corrected chi connectivity index (χ0v) is 14.0. The quantitative estimate of drug-likeness (QED) is 0.546. The Labute approximate surface area is 140 Å². The monoisotopic (exact) mass is 322 g/mol. The van der Waals surface area contributed by atoms with Gasteiger partial charge in [-0.1, -0.05) is 59.7 Å². The lowest BCUT2D eigenvalue weighted by Gasteiger charge is -1.96. The smallest absolute Gasteiger partial charge is 0.186 e. The third-order valence-electron chi connectivity index (χ3n) is 3.27. The van der Waals surface area contributed by atoms with E-state index in [0.29, 0.717) is 11.1 Å². The molecule has 0 aliphatic carbocycles. The maximum absolute atomic E-state index is 11.9. The van der Waals surface area contributed by atoms with Gasteiger partial charge in [-0.05, 0) is 36.8 Å². The van der Waals surface area contributed by atoms with E-state index in [0.717, 1.165) is 11.1 Å². The molecule has 0 heterocycles. The van der Waals surface area contributed by atoms with E-state index in [4.69, 9.17) is 0 Å². The molecule has 0 aromatic heterocycles. The Bertz CT molecular complexity index is 673. The topological polar surface area (TPSA) is 34.1 Å². The minimum absolute atomic E-state index is 0.0456. The number of allylic oxidation sites excluding steroid dienone is 2. The van der Waals surface area contributed by atoms with Crippen molar-refractivity contribution in [3.05, 3.63) is 93.8 Å². The lowest BCUT2D eigenvalue weighted by Crippen LogP contribution is -1.93. The van der Waals surface area contributed by atoms with Gasteiger partial charge in [-0.3, -0.25) is 9.59 Å². The molecule has 0 saturated carbocycles. The highest BCUT2D eigenvalue weighted by atomic mass is 32.2. The van der Waals surface area contributed by atoms with Gasteiger partial charge in [0.25, 0.3) is 0 Å². The lowest BCUT2D eigenvalue weighted by molar-refractivity contribution is 0.103. The van der Waals surface area contributed by atoms with Gasteiger partial charge in [-0.15, -0.1) is 11.8 Å². The molecule has 2 nitrogen and oxygen atoms in total. The Morgan fingerprint density at radius 2 is 1.04 bits per heavy atom. The van der Waals surface area contributed by atoms with E-state index in [2.05, 4.69) is 0 Å². The van der Waals surface area contributed by atoms with Gasteiger partial charge < -0.3 is 0 Å². The Hall–Kier alpha value is -2.39. The molecule has 23 heavy (non-hydrogen) atoms. The van der Waals surface area contributed by atoms with E-state index >= 15 is 0 Å². The number of carbonyl (C=O) groups is 2. The van der Waals surface area contributed by atoms with Gasteiger partial charge in [0.15, 0.2) is 11.6 Å². The largest absolute Gasteiger partial charge is 0.289 e. The summed E-state index contributed by atoms with van der Waals surface area (Å²) in [6, 6.07) is 14.9. The van der Waals surface area contributed by atoms with Gasteiger partial charge in [0.1, 0.15) is 0 Å². The van der Waals surface area contributed by atoms with Crippen LogP contribution in [0.15, 0.2) is 71.5 Å². The van der Waals surface area contributed by atoms with Crippen molar-refractivity contribution in [3.63, 3.8) is 0 Å².